The average molecular weight is 381 g/mol. The van der Waals surface area contributed by atoms with Crippen LogP contribution in [0.25, 0.3) is 11.3 Å². The van der Waals surface area contributed by atoms with E-state index in [-0.39, 0.29) is 17.4 Å². The fraction of sp³-hybridized carbons (Fsp3) is 0.455. The summed E-state index contributed by atoms with van der Waals surface area (Å²) in [5.74, 6) is 1.47. The first-order valence-corrected chi connectivity index (χ1v) is 9.92. The summed E-state index contributed by atoms with van der Waals surface area (Å²) < 4.78 is 5.89. The minimum absolute atomic E-state index is 0.00621. The first-order valence-electron chi connectivity index (χ1n) is 9.92. The smallest absolute Gasteiger partial charge is 0.257 e. The summed E-state index contributed by atoms with van der Waals surface area (Å²) in [4.78, 5) is 29.6. The Morgan fingerprint density at radius 1 is 1.18 bits per heavy atom. The van der Waals surface area contributed by atoms with Gasteiger partial charge < -0.3 is 14.6 Å². The first kappa shape index (κ1) is 18.7. The number of nitrogens with one attached hydrogen (secondary N) is 1. The maximum absolute atomic E-state index is 13.5. The van der Waals surface area contributed by atoms with Crippen molar-refractivity contribution in [2.24, 2.45) is 0 Å². The van der Waals surface area contributed by atoms with Gasteiger partial charge in [0.2, 0.25) is 5.91 Å². The standard InChI is InChI=1S/C22H27N3O3/c1-16-14-18(20(28-16)17-6-4-3-5-7-17)21(27)25-13-12-24(2)22(15-25)9-8-19(26)23-11-10-22/h3-7,14H,8-13,15H2,1-2H3,(H,23,26). The molecule has 148 valence electrons. The Morgan fingerprint density at radius 3 is 2.75 bits per heavy atom. The molecule has 2 aliphatic rings. The number of benzene rings is 1. The van der Waals surface area contributed by atoms with Crippen molar-refractivity contribution in [2.45, 2.75) is 31.7 Å². The SMILES string of the molecule is Cc1cc(C(=O)N2CCN(C)C3(CCNC(=O)CC3)C2)c(-c2ccccc2)o1. The van der Waals surface area contributed by atoms with Gasteiger partial charge in [-0.3, -0.25) is 14.5 Å². The minimum atomic E-state index is -0.154. The summed E-state index contributed by atoms with van der Waals surface area (Å²) in [7, 11) is 2.11. The Hall–Kier alpha value is -2.60. The zero-order valence-corrected chi connectivity index (χ0v) is 16.5. The van der Waals surface area contributed by atoms with Gasteiger partial charge in [0.15, 0.2) is 0 Å². The molecular weight excluding hydrogens is 354 g/mol. The van der Waals surface area contributed by atoms with Crippen LogP contribution in [0.5, 0.6) is 0 Å². The lowest BCUT2D eigenvalue weighted by Crippen LogP contribution is -2.62. The third kappa shape index (κ3) is 3.44. The Morgan fingerprint density at radius 2 is 1.96 bits per heavy atom. The summed E-state index contributed by atoms with van der Waals surface area (Å²) >= 11 is 0. The molecule has 2 aliphatic heterocycles. The van der Waals surface area contributed by atoms with E-state index in [0.29, 0.717) is 37.4 Å². The van der Waals surface area contributed by atoms with Crippen LogP contribution < -0.4 is 5.32 Å². The molecule has 6 nitrogen and oxygen atoms in total. The van der Waals surface area contributed by atoms with Crippen molar-refractivity contribution in [1.29, 1.82) is 0 Å². The maximum Gasteiger partial charge on any atom is 0.257 e. The molecule has 4 rings (SSSR count). The van der Waals surface area contributed by atoms with Crippen LogP contribution in [-0.4, -0.2) is 60.4 Å². The van der Waals surface area contributed by atoms with Crippen LogP contribution in [0.3, 0.4) is 0 Å². The highest BCUT2D eigenvalue weighted by molar-refractivity contribution is 6.00. The number of carbonyl (C=O) groups is 2. The highest BCUT2D eigenvalue weighted by Gasteiger charge is 2.42. The lowest BCUT2D eigenvalue weighted by molar-refractivity contribution is -0.121. The Labute approximate surface area is 165 Å². The predicted molar refractivity (Wildman–Crippen MR) is 107 cm³/mol. The molecule has 0 radical (unpaired) electrons. The van der Waals surface area contributed by atoms with Gasteiger partial charge in [0, 0.05) is 43.7 Å². The summed E-state index contributed by atoms with van der Waals surface area (Å²) in [6.45, 7) is 4.65. The molecule has 1 aromatic heterocycles. The number of nitrogens with zero attached hydrogens (tertiary/aromatic N) is 2. The molecule has 0 saturated carbocycles. The lowest BCUT2D eigenvalue weighted by atomic mass is 9.86. The normalized spacial score (nSPS) is 23.5. The third-order valence-electron chi connectivity index (χ3n) is 6.14. The van der Waals surface area contributed by atoms with Crippen LogP contribution in [0.2, 0.25) is 0 Å². The van der Waals surface area contributed by atoms with Crippen molar-refractivity contribution in [3.63, 3.8) is 0 Å². The second-order valence-corrected chi connectivity index (χ2v) is 7.94. The fourth-order valence-electron chi connectivity index (χ4n) is 4.42. The molecule has 6 heteroatoms. The van der Waals surface area contributed by atoms with Gasteiger partial charge in [-0.1, -0.05) is 30.3 Å². The molecular formula is C22H27N3O3. The van der Waals surface area contributed by atoms with Crippen molar-refractivity contribution in [3.05, 3.63) is 47.7 Å². The molecule has 2 amide bonds. The van der Waals surface area contributed by atoms with E-state index in [9.17, 15) is 9.59 Å². The monoisotopic (exact) mass is 381 g/mol. The van der Waals surface area contributed by atoms with Gasteiger partial charge in [0.25, 0.3) is 5.91 Å². The molecule has 2 aromatic rings. The van der Waals surface area contributed by atoms with Gasteiger partial charge in [-0.25, -0.2) is 0 Å². The van der Waals surface area contributed by atoms with Gasteiger partial charge in [-0.15, -0.1) is 0 Å². The zero-order chi connectivity index (χ0) is 19.7. The van der Waals surface area contributed by atoms with Crippen molar-refractivity contribution in [3.8, 4) is 11.3 Å². The van der Waals surface area contributed by atoms with E-state index in [4.69, 9.17) is 4.42 Å². The molecule has 1 aromatic carbocycles. The number of aryl methyl sites for hydroxylation is 1. The molecule has 0 aliphatic carbocycles. The molecule has 1 spiro atoms. The van der Waals surface area contributed by atoms with E-state index >= 15 is 0 Å². The van der Waals surface area contributed by atoms with Gasteiger partial charge in [-0.05, 0) is 32.9 Å². The van der Waals surface area contributed by atoms with Gasteiger partial charge >= 0.3 is 0 Å². The highest BCUT2D eigenvalue weighted by Crippen LogP contribution is 2.33. The minimum Gasteiger partial charge on any atom is -0.461 e. The van der Waals surface area contributed by atoms with Crippen LogP contribution in [0.15, 0.2) is 40.8 Å². The molecule has 1 N–H and O–H groups in total. The van der Waals surface area contributed by atoms with Crippen molar-refractivity contribution < 1.29 is 14.0 Å². The van der Waals surface area contributed by atoms with Gasteiger partial charge in [0.05, 0.1) is 5.56 Å². The number of piperazine rings is 1. The van der Waals surface area contributed by atoms with Crippen LogP contribution in [0.4, 0.5) is 0 Å². The largest absolute Gasteiger partial charge is 0.461 e. The lowest BCUT2D eigenvalue weighted by Gasteiger charge is -2.49. The fourth-order valence-corrected chi connectivity index (χ4v) is 4.42. The molecule has 0 bridgehead atoms. The van der Waals surface area contributed by atoms with E-state index < -0.39 is 0 Å². The number of rotatable bonds is 2. The van der Waals surface area contributed by atoms with E-state index in [0.717, 1.165) is 30.7 Å². The second-order valence-electron chi connectivity index (χ2n) is 7.94. The average Bonchev–Trinajstić information content (AvgIpc) is 3.00. The summed E-state index contributed by atoms with van der Waals surface area (Å²) in [5.41, 5.74) is 1.37. The van der Waals surface area contributed by atoms with E-state index in [2.05, 4.69) is 17.3 Å². The topological polar surface area (TPSA) is 65.8 Å². The summed E-state index contributed by atoms with van der Waals surface area (Å²) in [6, 6.07) is 11.6. The first-order chi connectivity index (χ1) is 13.5. The predicted octanol–water partition coefficient (Wildman–Crippen LogP) is 2.68. The number of carbonyl (C=O) groups excluding carboxylic acids is 2. The van der Waals surface area contributed by atoms with Crippen LogP contribution in [-0.2, 0) is 4.79 Å². The zero-order valence-electron chi connectivity index (χ0n) is 16.5. The van der Waals surface area contributed by atoms with Crippen LogP contribution in [0, 0.1) is 6.92 Å². The number of hydrogen-bond donors (Lipinski definition) is 1. The van der Waals surface area contributed by atoms with Crippen LogP contribution >= 0.6 is 0 Å². The van der Waals surface area contributed by atoms with Crippen molar-refractivity contribution >= 4 is 11.8 Å². The second kappa shape index (κ2) is 7.43. The van der Waals surface area contributed by atoms with E-state index in [1.807, 2.05) is 48.2 Å². The Balaban J connectivity index is 1.61. The Bertz CT molecular complexity index is 876. The van der Waals surface area contributed by atoms with Crippen LogP contribution in [0.1, 0.15) is 35.4 Å². The number of hydrogen-bond acceptors (Lipinski definition) is 4. The van der Waals surface area contributed by atoms with E-state index in [1.54, 1.807) is 0 Å². The molecule has 2 saturated heterocycles. The van der Waals surface area contributed by atoms with Gasteiger partial charge in [0.1, 0.15) is 11.5 Å². The molecule has 2 fully saturated rings. The summed E-state index contributed by atoms with van der Waals surface area (Å²) in [5, 5.41) is 2.96. The van der Waals surface area contributed by atoms with E-state index in [1.165, 1.54) is 0 Å². The third-order valence-corrected chi connectivity index (χ3v) is 6.14. The molecule has 1 atom stereocenters. The Kier molecular flexibility index (Phi) is 4.98. The quantitative estimate of drug-likeness (QED) is 0.869. The number of likely N-dealkylation sites (N-methyl/N-ethyl adjacent to an activating group) is 1. The molecule has 1 unspecified atom stereocenters. The van der Waals surface area contributed by atoms with Gasteiger partial charge in [-0.2, -0.15) is 0 Å². The molecule has 3 heterocycles. The highest BCUT2D eigenvalue weighted by atomic mass is 16.3. The number of furan rings is 1. The van der Waals surface area contributed by atoms with Crippen molar-refractivity contribution in [1.82, 2.24) is 15.1 Å². The molecule has 28 heavy (non-hydrogen) atoms. The number of amides is 2. The summed E-state index contributed by atoms with van der Waals surface area (Å²) in [6.07, 6.45) is 2.14. The maximum atomic E-state index is 13.5. The van der Waals surface area contributed by atoms with Crippen molar-refractivity contribution in [2.75, 3.05) is 33.2 Å².